The Morgan fingerprint density at radius 2 is 1.86 bits per heavy atom. The van der Waals surface area contributed by atoms with E-state index in [4.69, 9.17) is 4.74 Å². The van der Waals surface area contributed by atoms with Crippen molar-refractivity contribution in [3.05, 3.63) is 29.3 Å². The molecule has 2 N–H and O–H groups in total. The van der Waals surface area contributed by atoms with E-state index in [-0.39, 0.29) is 6.61 Å². The van der Waals surface area contributed by atoms with Gasteiger partial charge in [0.15, 0.2) is 6.61 Å². The molecule has 5 nitrogen and oxygen atoms in total. The van der Waals surface area contributed by atoms with Gasteiger partial charge < -0.3 is 15.2 Å². The summed E-state index contributed by atoms with van der Waals surface area (Å²) in [5.41, 5.74) is 0.831. The molecule has 0 spiro atoms. The Bertz CT molecular complexity index is 521. The van der Waals surface area contributed by atoms with Crippen molar-refractivity contribution in [3.8, 4) is 5.75 Å². The molecule has 0 unspecified atom stereocenters. The molecule has 5 heteroatoms. The summed E-state index contributed by atoms with van der Waals surface area (Å²) >= 11 is 0. The van der Waals surface area contributed by atoms with Gasteiger partial charge in [-0.25, -0.2) is 4.79 Å². The van der Waals surface area contributed by atoms with Gasteiger partial charge in [0.05, 0.1) is 0 Å². The third kappa shape index (κ3) is 3.97. The minimum atomic E-state index is -1.22. The predicted molar refractivity (Wildman–Crippen MR) is 80.5 cm³/mol. The maximum atomic E-state index is 12.0. The quantitative estimate of drug-likeness (QED) is 0.809. The van der Waals surface area contributed by atoms with Crippen LogP contribution in [0.2, 0.25) is 0 Å². The first-order chi connectivity index (χ1) is 9.86. The molecule has 0 saturated carbocycles. The van der Waals surface area contributed by atoms with E-state index in [1.165, 1.54) is 0 Å². The maximum Gasteiger partial charge on any atom is 0.329 e. The zero-order chi connectivity index (χ0) is 16.0. The number of hydrogen-bond donors (Lipinski definition) is 2. The molecule has 0 atom stereocenters. The van der Waals surface area contributed by atoms with Gasteiger partial charge in [0.2, 0.25) is 0 Å². The highest BCUT2D eigenvalue weighted by molar-refractivity contribution is 5.87. The lowest BCUT2D eigenvalue weighted by molar-refractivity contribution is -0.148. The Labute approximate surface area is 125 Å². The van der Waals surface area contributed by atoms with Crippen LogP contribution >= 0.6 is 0 Å². The lowest BCUT2D eigenvalue weighted by atomic mass is 9.93. The second-order valence-corrected chi connectivity index (χ2v) is 5.13. The van der Waals surface area contributed by atoms with Crippen molar-refractivity contribution in [2.75, 3.05) is 6.61 Å². The van der Waals surface area contributed by atoms with Gasteiger partial charge in [-0.15, -0.1) is 0 Å². The SMILES string of the molecule is CCC(CC)(NC(=O)COc1cccc(C)c1C)C(=O)O. The summed E-state index contributed by atoms with van der Waals surface area (Å²) in [5.74, 6) is -0.811. The van der Waals surface area contributed by atoms with Crippen LogP contribution in [0.5, 0.6) is 5.75 Å². The highest BCUT2D eigenvalue weighted by Gasteiger charge is 2.36. The largest absolute Gasteiger partial charge is 0.483 e. The van der Waals surface area contributed by atoms with Crippen molar-refractivity contribution in [1.29, 1.82) is 0 Å². The predicted octanol–water partition coefficient (Wildman–Crippen LogP) is 2.44. The molecule has 1 aromatic carbocycles. The number of carboxylic acids is 1. The van der Waals surface area contributed by atoms with Crippen LogP contribution in [0.3, 0.4) is 0 Å². The molecule has 21 heavy (non-hydrogen) atoms. The topological polar surface area (TPSA) is 75.6 Å². The number of aliphatic carboxylic acids is 1. The van der Waals surface area contributed by atoms with Crippen molar-refractivity contribution in [1.82, 2.24) is 5.32 Å². The molecule has 0 radical (unpaired) electrons. The fourth-order valence-corrected chi connectivity index (χ4v) is 2.11. The number of rotatable bonds is 7. The second-order valence-electron chi connectivity index (χ2n) is 5.13. The molecule has 1 amide bonds. The van der Waals surface area contributed by atoms with Gasteiger partial charge in [-0.3, -0.25) is 4.79 Å². The first-order valence-electron chi connectivity index (χ1n) is 7.09. The smallest absolute Gasteiger partial charge is 0.329 e. The van der Waals surface area contributed by atoms with E-state index in [9.17, 15) is 14.7 Å². The number of aryl methyl sites for hydroxylation is 1. The summed E-state index contributed by atoms with van der Waals surface area (Å²) in [6.07, 6.45) is 0.655. The minimum Gasteiger partial charge on any atom is -0.483 e. The van der Waals surface area contributed by atoms with Crippen molar-refractivity contribution in [2.45, 2.75) is 46.1 Å². The van der Waals surface area contributed by atoms with E-state index in [0.29, 0.717) is 18.6 Å². The van der Waals surface area contributed by atoms with Crippen LogP contribution in [0, 0.1) is 13.8 Å². The van der Waals surface area contributed by atoms with Crippen molar-refractivity contribution in [2.24, 2.45) is 0 Å². The zero-order valence-corrected chi connectivity index (χ0v) is 13.0. The first kappa shape index (κ1) is 17.0. The van der Waals surface area contributed by atoms with Crippen LogP contribution in [-0.2, 0) is 9.59 Å². The number of ether oxygens (including phenoxy) is 1. The Balaban J connectivity index is 2.70. The fourth-order valence-electron chi connectivity index (χ4n) is 2.11. The Hall–Kier alpha value is -2.04. The number of carboxylic acid groups (broad SMARTS) is 1. The lowest BCUT2D eigenvalue weighted by Gasteiger charge is -2.28. The average Bonchev–Trinajstić information content (AvgIpc) is 2.46. The number of carbonyl (C=O) groups is 2. The van der Waals surface area contributed by atoms with E-state index < -0.39 is 17.4 Å². The highest BCUT2D eigenvalue weighted by Crippen LogP contribution is 2.20. The van der Waals surface area contributed by atoms with Gasteiger partial charge >= 0.3 is 5.97 Å². The third-order valence-corrected chi connectivity index (χ3v) is 3.91. The number of carbonyl (C=O) groups excluding carboxylic acids is 1. The number of benzene rings is 1. The lowest BCUT2D eigenvalue weighted by Crippen LogP contribution is -2.54. The molecule has 0 saturated heterocycles. The van der Waals surface area contributed by atoms with Crippen molar-refractivity contribution < 1.29 is 19.4 Å². The summed E-state index contributed by atoms with van der Waals surface area (Å²) in [6.45, 7) is 7.17. The summed E-state index contributed by atoms with van der Waals surface area (Å²) in [5, 5.41) is 11.9. The number of amides is 1. The molecular formula is C16H23NO4. The van der Waals surface area contributed by atoms with Gasteiger partial charge in [0.1, 0.15) is 11.3 Å². The zero-order valence-electron chi connectivity index (χ0n) is 13.0. The molecule has 0 aliphatic heterocycles. The van der Waals surface area contributed by atoms with Crippen molar-refractivity contribution >= 4 is 11.9 Å². The van der Waals surface area contributed by atoms with Crippen LogP contribution in [0.1, 0.15) is 37.8 Å². The molecule has 0 aliphatic rings. The third-order valence-electron chi connectivity index (χ3n) is 3.91. The Morgan fingerprint density at radius 3 is 2.38 bits per heavy atom. The molecular weight excluding hydrogens is 270 g/mol. The van der Waals surface area contributed by atoms with Crippen molar-refractivity contribution in [3.63, 3.8) is 0 Å². The van der Waals surface area contributed by atoms with E-state index in [2.05, 4.69) is 5.32 Å². The maximum absolute atomic E-state index is 12.0. The first-order valence-corrected chi connectivity index (χ1v) is 7.09. The number of hydrogen-bond acceptors (Lipinski definition) is 3. The van der Waals surface area contributed by atoms with Crippen LogP contribution < -0.4 is 10.1 Å². The normalized spacial score (nSPS) is 11.0. The van der Waals surface area contributed by atoms with Crippen LogP contribution in [-0.4, -0.2) is 29.1 Å². The molecule has 0 fully saturated rings. The Morgan fingerprint density at radius 1 is 1.24 bits per heavy atom. The van der Waals surface area contributed by atoms with Gasteiger partial charge in [-0.05, 0) is 43.9 Å². The second kappa shape index (κ2) is 7.11. The molecule has 1 rings (SSSR count). The van der Waals surface area contributed by atoms with Gasteiger partial charge in [0, 0.05) is 0 Å². The van der Waals surface area contributed by atoms with E-state index >= 15 is 0 Å². The molecule has 116 valence electrons. The summed E-state index contributed by atoms with van der Waals surface area (Å²) in [6, 6.07) is 5.61. The van der Waals surface area contributed by atoms with E-state index in [1.807, 2.05) is 26.0 Å². The van der Waals surface area contributed by atoms with E-state index in [1.54, 1.807) is 19.9 Å². The number of nitrogens with one attached hydrogen (secondary N) is 1. The molecule has 0 heterocycles. The summed E-state index contributed by atoms with van der Waals surface area (Å²) in [4.78, 5) is 23.3. The standard InChI is InChI=1S/C16H23NO4/c1-5-16(6-2,15(19)20)17-14(18)10-21-13-9-7-8-11(3)12(13)4/h7-9H,5-6,10H2,1-4H3,(H,17,18)(H,19,20). The summed E-state index contributed by atoms with van der Waals surface area (Å²) < 4.78 is 5.49. The molecule has 0 aliphatic carbocycles. The molecule has 0 bridgehead atoms. The van der Waals surface area contributed by atoms with Crippen LogP contribution in [0.15, 0.2) is 18.2 Å². The fraction of sp³-hybridized carbons (Fsp3) is 0.500. The van der Waals surface area contributed by atoms with Gasteiger partial charge in [-0.2, -0.15) is 0 Å². The van der Waals surface area contributed by atoms with Gasteiger partial charge in [-0.1, -0.05) is 26.0 Å². The minimum absolute atomic E-state index is 0.195. The molecule has 0 aromatic heterocycles. The van der Waals surface area contributed by atoms with Crippen LogP contribution in [0.4, 0.5) is 0 Å². The average molecular weight is 293 g/mol. The summed E-state index contributed by atoms with van der Waals surface area (Å²) in [7, 11) is 0. The highest BCUT2D eigenvalue weighted by atomic mass is 16.5. The van der Waals surface area contributed by atoms with Gasteiger partial charge in [0.25, 0.3) is 5.91 Å². The molecule has 1 aromatic rings. The monoisotopic (exact) mass is 293 g/mol. The Kier molecular flexibility index (Phi) is 5.76. The van der Waals surface area contributed by atoms with E-state index in [0.717, 1.165) is 11.1 Å². The van der Waals surface area contributed by atoms with Crippen LogP contribution in [0.25, 0.3) is 0 Å².